The van der Waals surface area contributed by atoms with Crippen molar-refractivity contribution in [3.05, 3.63) is 60.0 Å². The minimum atomic E-state index is -0.225. The normalized spacial score (nSPS) is 19.5. The van der Waals surface area contributed by atoms with E-state index in [1.165, 1.54) is 22.7 Å². The van der Waals surface area contributed by atoms with Crippen molar-refractivity contribution >= 4 is 28.2 Å². The molecule has 1 atom stereocenters. The van der Waals surface area contributed by atoms with Gasteiger partial charge in [-0.15, -0.1) is 0 Å². The standard InChI is InChI=1S/C24H27FN4O/c1-17(30)29-16-18(21-15-19(25)5-6-24(21)29)8-10-27-11-13-28(14-12-27)23-4-2-3-22-20(23)7-9-26-22/h2-7,9,15,18,26H,8,10-14,16H2,1H3. The van der Waals surface area contributed by atoms with Crippen molar-refractivity contribution in [2.45, 2.75) is 19.3 Å². The molecule has 0 spiro atoms. The van der Waals surface area contributed by atoms with Gasteiger partial charge in [-0.3, -0.25) is 9.69 Å². The van der Waals surface area contributed by atoms with Gasteiger partial charge in [0.2, 0.25) is 5.91 Å². The van der Waals surface area contributed by atoms with Crippen LogP contribution in [0.25, 0.3) is 10.9 Å². The lowest BCUT2D eigenvalue weighted by atomic mass is 9.97. The van der Waals surface area contributed by atoms with Crippen LogP contribution in [0.3, 0.4) is 0 Å². The van der Waals surface area contributed by atoms with Gasteiger partial charge < -0.3 is 14.8 Å². The molecule has 0 aliphatic carbocycles. The van der Waals surface area contributed by atoms with E-state index in [0.29, 0.717) is 6.54 Å². The number of H-pyrrole nitrogens is 1. The topological polar surface area (TPSA) is 42.6 Å². The first kappa shape index (κ1) is 19.1. The van der Waals surface area contributed by atoms with Crippen LogP contribution >= 0.6 is 0 Å². The number of hydrogen-bond donors (Lipinski definition) is 1. The first-order valence-electron chi connectivity index (χ1n) is 10.7. The maximum absolute atomic E-state index is 13.8. The minimum Gasteiger partial charge on any atom is -0.368 e. The Labute approximate surface area is 176 Å². The van der Waals surface area contributed by atoms with E-state index in [0.717, 1.165) is 50.4 Å². The van der Waals surface area contributed by atoms with Crippen LogP contribution in [0, 0.1) is 5.82 Å². The minimum absolute atomic E-state index is 0.0258. The largest absolute Gasteiger partial charge is 0.368 e. The van der Waals surface area contributed by atoms with Gasteiger partial charge in [0.25, 0.3) is 0 Å². The van der Waals surface area contributed by atoms with E-state index in [1.54, 1.807) is 24.0 Å². The summed E-state index contributed by atoms with van der Waals surface area (Å²) in [5.41, 5.74) is 4.32. The molecule has 3 aromatic rings. The van der Waals surface area contributed by atoms with Crippen molar-refractivity contribution in [1.29, 1.82) is 0 Å². The number of carbonyl (C=O) groups is 1. The molecule has 0 saturated carbocycles. The van der Waals surface area contributed by atoms with Crippen molar-refractivity contribution in [1.82, 2.24) is 9.88 Å². The summed E-state index contributed by atoms with van der Waals surface area (Å²) in [7, 11) is 0. The highest BCUT2D eigenvalue weighted by Crippen LogP contribution is 2.38. The Bertz CT molecular complexity index is 1070. The van der Waals surface area contributed by atoms with Crippen molar-refractivity contribution in [3.8, 4) is 0 Å². The fraction of sp³-hybridized carbons (Fsp3) is 0.375. The van der Waals surface area contributed by atoms with E-state index in [2.05, 4.69) is 39.0 Å². The van der Waals surface area contributed by atoms with Crippen LogP contribution in [0.5, 0.6) is 0 Å². The molecule has 5 rings (SSSR count). The summed E-state index contributed by atoms with van der Waals surface area (Å²) in [6.45, 7) is 7.23. The van der Waals surface area contributed by atoms with Gasteiger partial charge in [0.1, 0.15) is 5.82 Å². The molecule has 1 fully saturated rings. The molecule has 2 aromatic carbocycles. The van der Waals surface area contributed by atoms with Gasteiger partial charge in [-0.2, -0.15) is 0 Å². The maximum atomic E-state index is 13.8. The molecule has 1 aromatic heterocycles. The van der Waals surface area contributed by atoms with Crippen molar-refractivity contribution in [3.63, 3.8) is 0 Å². The lowest BCUT2D eigenvalue weighted by molar-refractivity contribution is -0.116. The third-order valence-electron chi connectivity index (χ3n) is 6.58. The third-order valence-corrected chi connectivity index (χ3v) is 6.58. The van der Waals surface area contributed by atoms with Crippen LogP contribution in [-0.2, 0) is 4.79 Å². The molecule has 0 bridgehead atoms. The van der Waals surface area contributed by atoms with E-state index < -0.39 is 0 Å². The number of aromatic amines is 1. The Kier molecular flexibility index (Phi) is 4.95. The SMILES string of the molecule is CC(=O)N1CC(CCN2CCN(c3cccc4[nH]ccc34)CC2)c2cc(F)ccc21. The molecule has 30 heavy (non-hydrogen) atoms. The first-order chi connectivity index (χ1) is 14.6. The van der Waals surface area contributed by atoms with Gasteiger partial charge in [0.05, 0.1) is 0 Å². The second-order valence-corrected chi connectivity index (χ2v) is 8.36. The zero-order valence-electron chi connectivity index (χ0n) is 17.3. The monoisotopic (exact) mass is 406 g/mol. The highest BCUT2D eigenvalue weighted by molar-refractivity contribution is 5.94. The van der Waals surface area contributed by atoms with Crippen LogP contribution in [-0.4, -0.2) is 55.1 Å². The average molecular weight is 407 g/mol. The fourth-order valence-electron chi connectivity index (χ4n) is 4.96. The summed E-state index contributed by atoms with van der Waals surface area (Å²) < 4.78 is 13.8. The number of carbonyl (C=O) groups excluding carboxylic acids is 1. The number of rotatable bonds is 4. The van der Waals surface area contributed by atoms with E-state index in [-0.39, 0.29) is 17.6 Å². The number of hydrogen-bond acceptors (Lipinski definition) is 3. The summed E-state index contributed by atoms with van der Waals surface area (Å²) in [6, 6.07) is 13.4. The predicted octanol–water partition coefficient (Wildman–Crippen LogP) is 3.97. The zero-order valence-corrected chi connectivity index (χ0v) is 17.3. The molecule has 1 amide bonds. The Morgan fingerprint density at radius 2 is 1.93 bits per heavy atom. The van der Waals surface area contributed by atoms with Crippen molar-refractivity contribution in [2.24, 2.45) is 0 Å². The molecule has 1 saturated heterocycles. The first-order valence-corrected chi connectivity index (χ1v) is 10.7. The van der Waals surface area contributed by atoms with Crippen molar-refractivity contribution < 1.29 is 9.18 Å². The molecule has 6 heteroatoms. The highest BCUT2D eigenvalue weighted by atomic mass is 19.1. The van der Waals surface area contributed by atoms with Crippen LogP contribution in [0.1, 0.15) is 24.8 Å². The summed E-state index contributed by atoms with van der Waals surface area (Å²) in [5.74, 6) is 0.000776. The number of amides is 1. The summed E-state index contributed by atoms with van der Waals surface area (Å²) in [6.07, 6.45) is 2.94. The molecule has 2 aliphatic rings. The van der Waals surface area contributed by atoms with E-state index in [1.807, 2.05) is 6.20 Å². The molecule has 0 radical (unpaired) electrons. The van der Waals surface area contributed by atoms with Crippen molar-refractivity contribution in [2.75, 3.05) is 49.1 Å². The Morgan fingerprint density at radius 3 is 2.73 bits per heavy atom. The number of aromatic nitrogens is 1. The number of nitrogens with zero attached hydrogens (tertiary/aromatic N) is 3. The van der Waals surface area contributed by atoms with Crippen LogP contribution in [0.15, 0.2) is 48.7 Å². The number of fused-ring (bicyclic) bond motifs is 2. The number of anilines is 2. The molecular weight excluding hydrogens is 379 g/mol. The van der Waals surface area contributed by atoms with Gasteiger partial charge in [-0.1, -0.05) is 6.07 Å². The molecular formula is C24H27FN4O. The van der Waals surface area contributed by atoms with Gasteiger partial charge in [0, 0.05) is 74.0 Å². The number of benzene rings is 2. The second-order valence-electron chi connectivity index (χ2n) is 8.36. The number of piperazine rings is 1. The van der Waals surface area contributed by atoms with E-state index in [9.17, 15) is 9.18 Å². The fourth-order valence-corrected chi connectivity index (χ4v) is 4.96. The van der Waals surface area contributed by atoms with E-state index >= 15 is 0 Å². The number of nitrogens with one attached hydrogen (secondary N) is 1. The van der Waals surface area contributed by atoms with Gasteiger partial charge in [-0.05, 0) is 54.9 Å². The molecule has 1 N–H and O–H groups in total. The van der Waals surface area contributed by atoms with Crippen LogP contribution < -0.4 is 9.80 Å². The zero-order chi connectivity index (χ0) is 20.7. The molecule has 1 unspecified atom stereocenters. The summed E-state index contributed by atoms with van der Waals surface area (Å²) in [5, 5.41) is 1.28. The quantitative estimate of drug-likeness (QED) is 0.713. The van der Waals surface area contributed by atoms with Gasteiger partial charge >= 0.3 is 0 Å². The molecule has 156 valence electrons. The molecule has 3 heterocycles. The summed E-state index contributed by atoms with van der Waals surface area (Å²) >= 11 is 0. The lowest BCUT2D eigenvalue weighted by Gasteiger charge is -2.36. The summed E-state index contributed by atoms with van der Waals surface area (Å²) in [4.78, 5) is 22.0. The van der Waals surface area contributed by atoms with Crippen LogP contribution in [0.2, 0.25) is 0 Å². The Hall–Kier alpha value is -2.86. The Morgan fingerprint density at radius 1 is 1.10 bits per heavy atom. The number of halogens is 1. The van der Waals surface area contributed by atoms with Gasteiger partial charge in [-0.25, -0.2) is 4.39 Å². The lowest BCUT2D eigenvalue weighted by Crippen LogP contribution is -2.47. The van der Waals surface area contributed by atoms with Gasteiger partial charge in [0.15, 0.2) is 0 Å². The second kappa shape index (κ2) is 7.76. The average Bonchev–Trinajstić information content (AvgIpc) is 3.37. The Balaban J connectivity index is 1.21. The molecule has 5 nitrogen and oxygen atoms in total. The van der Waals surface area contributed by atoms with E-state index in [4.69, 9.17) is 0 Å². The molecule has 2 aliphatic heterocycles. The highest BCUT2D eigenvalue weighted by Gasteiger charge is 2.31. The third kappa shape index (κ3) is 3.45. The maximum Gasteiger partial charge on any atom is 0.223 e. The smallest absolute Gasteiger partial charge is 0.223 e. The van der Waals surface area contributed by atoms with Crippen LogP contribution in [0.4, 0.5) is 15.8 Å². The predicted molar refractivity (Wildman–Crippen MR) is 119 cm³/mol.